The minimum absolute atomic E-state index is 0.0348. The molecule has 1 aliphatic heterocycles. The van der Waals surface area contributed by atoms with E-state index in [4.69, 9.17) is 5.11 Å². The molecule has 1 aromatic rings. The van der Waals surface area contributed by atoms with Crippen molar-refractivity contribution in [1.29, 1.82) is 0 Å². The van der Waals surface area contributed by atoms with Gasteiger partial charge in [0.05, 0.1) is 10.9 Å². The van der Waals surface area contributed by atoms with Gasteiger partial charge in [0, 0.05) is 19.6 Å². The van der Waals surface area contributed by atoms with Gasteiger partial charge in [0.15, 0.2) is 0 Å². The van der Waals surface area contributed by atoms with Crippen LogP contribution in [0.25, 0.3) is 0 Å². The lowest BCUT2D eigenvalue weighted by atomic mass is 10.2. The second-order valence-electron chi connectivity index (χ2n) is 4.36. The number of carbonyl (C=O) groups excluding carboxylic acids is 1. The zero-order valence-electron chi connectivity index (χ0n) is 10.5. The largest absolute Gasteiger partial charge is 0.465 e. The Morgan fingerprint density at radius 3 is 2.45 bits per heavy atom. The Balaban J connectivity index is 2.28. The van der Waals surface area contributed by atoms with Gasteiger partial charge in [-0.1, -0.05) is 18.2 Å². The van der Waals surface area contributed by atoms with Crippen LogP contribution in [0, 0.1) is 0 Å². The topological polar surface area (TPSA) is 95.0 Å². The third-order valence-corrected chi connectivity index (χ3v) is 5.08. The average molecular weight is 298 g/mol. The molecular formula is C12H14N2O5S. The summed E-state index contributed by atoms with van der Waals surface area (Å²) in [6.45, 7) is -0.135. The fraction of sp³-hybridized carbons (Fsp3) is 0.333. The van der Waals surface area contributed by atoms with Gasteiger partial charge < -0.3 is 14.8 Å². The molecule has 1 saturated heterocycles. The van der Waals surface area contributed by atoms with E-state index in [0.29, 0.717) is 6.29 Å². The van der Waals surface area contributed by atoms with Gasteiger partial charge in [0.1, 0.15) is 6.29 Å². The van der Waals surface area contributed by atoms with Crippen LogP contribution in [-0.2, 0) is 14.8 Å². The fourth-order valence-electron chi connectivity index (χ4n) is 2.10. The molecule has 1 N–H and O–H groups in total. The number of amides is 1. The number of hydrogen-bond donors (Lipinski definition) is 1. The molecule has 8 heteroatoms. The Labute approximate surface area is 116 Å². The molecule has 1 aromatic carbocycles. The quantitative estimate of drug-likeness (QED) is 0.806. The number of carbonyl (C=O) groups is 2. The first-order valence-electron chi connectivity index (χ1n) is 5.97. The standard InChI is InChI=1S/C12H14N2O5S/c15-9-10-8-13(12(16)17)6-7-14(10)20(18,19)11-4-2-1-3-5-11/h1-5,9-10H,6-8H2,(H,16,17). The highest BCUT2D eigenvalue weighted by atomic mass is 32.2. The van der Waals surface area contributed by atoms with E-state index in [0.717, 1.165) is 9.21 Å². The van der Waals surface area contributed by atoms with Crippen LogP contribution in [0.1, 0.15) is 0 Å². The number of piperazine rings is 1. The number of nitrogens with zero attached hydrogens (tertiary/aromatic N) is 2. The van der Waals surface area contributed by atoms with Gasteiger partial charge in [-0.05, 0) is 12.1 Å². The Kier molecular flexibility index (Phi) is 4.05. The average Bonchev–Trinajstić information content (AvgIpc) is 2.47. The Hall–Kier alpha value is -1.93. The van der Waals surface area contributed by atoms with E-state index < -0.39 is 22.2 Å². The molecule has 0 aliphatic carbocycles. The number of carboxylic acid groups (broad SMARTS) is 1. The van der Waals surface area contributed by atoms with Crippen LogP contribution in [0.15, 0.2) is 35.2 Å². The second-order valence-corrected chi connectivity index (χ2v) is 6.25. The third-order valence-electron chi connectivity index (χ3n) is 3.15. The predicted octanol–water partition coefficient (Wildman–Crippen LogP) is 0.238. The molecular weight excluding hydrogens is 284 g/mol. The van der Waals surface area contributed by atoms with Crippen molar-refractivity contribution in [2.75, 3.05) is 19.6 Å². The van der Waals surface area contributed by atoms with Crippen molar-refractivity contribution in [2.24, 2.45) is 0 Å². The summed E-state index contributed by atoms with van der Waals surface area (Å²) in [4.78, 5) is 23.1. The summed E-state index contributed by atoms with van der Waals surface area (Å²) in [5, 5.41) is 8.90. The van der Waals surface area contributed by atoms with Crippen molar-refractivity contribution < 1.29 is 23.1 Å². The van der Waals surface area contributed by atoms with Gasteiger partial charge in [-0.3, -0.25) is 0 Å². The molecule has 0 aromatic heterocycles. The first-order valence-corrected chi connectivity index (χ1v) is 7.41. The van der Waals surface area contributed by atoms with E-state index in [1.165, 1.54) is 12.1 Å². The van der Waals surface area contributed by atoms with E-state index >= 15 is 0 Å². The zero-order chi connectivity index (χ0) is 14.8. The molecule has 1 heterocycles. The summed E-state index contributed by atoms with van der Waals surface area (Å²) in [5.74, 6) is 0. The van der Waals surface area contributed by atoms with E-state index in [-0.39, 0.29) is 24.5 Å². The molecule has 1 fully saturated rings. The number of hydrogen-bond acceptors (Lipinski definition) is 4. The van der Waals surface area contributed by atoms with E-state index in [1.54, 1.807) is 18.2 Å². The first kappa shape index (κ1) is 14.5. The highest BCUT2D eigenvalue weighted by Crippen LogP contribution is 2.20. The number of aldehydes is 1. The summed E-state index contributed by atoms with van der Waals surface area (Å²) < 4.78 is 25.9. The lowest BCUT2D eigenvalue weighted by molar-refractivity contribution is -0.112. The van der Waals surface area contributed by atoms with Crippen molar-refractivity contribution in [3.8, 4) is 0 Å². The summed E-state index contributed by atoms with van der Waals surface area (Å²) in [6.07, 6.45) is -0.691. The van der Waals surface area contributed by atoms with Gasteiger partial charge in [0.25, 0.3) is 0 Å². The molecule has 2 rings (SSSR count). The molecule has 20 heavy (non-hydrogen) atoms. The van der Waals surface area contributed by atoms with Crippen LogP contribution in [0.2, 0.25) is 0 Å². The van der Waals surface area contributed by atoms with Crippen molar-refractivity contribution >= 4 is 22.4 Å². The van der Waals surface area contributed by atoms with Crippen LogP contribution < -0.4 is 0 Å². The minimum atomic E-state index is -3.79. The van der Waals surface area contributed by atoms with Crippen molar-refractivity contribution in [2.45, 2.75) is 10.9 Å². The highest BCUT2D eigenvalue weighted by molar-refractivity contribution is 7.89. The Bertz CT molecular complexity index is 602. The first-order chi connectivity index (χ1) is 9.46. The van der Waals surface area contributed by atoms with E-state index in [1.807, 2.05) is 0 Å². The highest BCUT2D eigenvalue weighted by Gasteiger charge is 2.37. The van der Waals surface area contributed by atoms with E-state index in [2.05, 4.69) is 0 Å². The van der Waals surface area contributed by atoms with Crippen LogP contribution >= 0.6 is 0 Å². The Morgan fingerprint density at radius 2 is 1.90 bits per heavy atom. The van der Waals surface area contributed by atoms with Crippen LogP contribution in [0.4, 0.5) is 4.79 Å². The van der Waals surface area contributed by atoms with Crippen molar-refractivity contribution in [1.82, 2.24) is 9.21 Å². The SMILES string of the molecule is O=CC1CN(C(=O)O)CCN1S(=O)(=O)c1ccccc1. The number of benzene rings is 1. The molecule has 0 spiro atoms. The third kappa shape index (κ3) is 2.66. The molecule has 108 valence electrons. The van der Waals surface area contributed by atoms with Crippen molar-refractivity contribution in [3.05, 3.63) is 30.3 Å². The summed E-state index contributed by atoms with van der Waals surface area (Å²) in [6, 6.07) is 6.78. The maximum absolute atomic E-state index is 12.4. The fourth-order valence-corrected chi connectivity index (χ4v) is 3.67. The summed E-state index contributed by atoms with van der Waals surface area (Å²) in [7, 11) is -3.79. The van der Waals surface area contributed by atoms with Crippen LogP contribution in [0.3, 0.4) is 0 Å². The van der Waals surface area contributed by atoms with Gasteiger partial charge >= 0.3 is 6.09 Å². The molecule has 7 nitrogen and oxygen atoms in total. The molecule has 1 aliphatic rings. The molecule has 1 amide bonds. The predicted molar refractivity (Wildman–Crippen MR) is 69.8 cm³/mol. The second kappa shape index (κ2) is 5.59. The maximum atomic E-state index is 12.4. The monoisotopic (exact) mass is 298 g/mol. The van der Waals surface area contributed by atoms with Gasteiger partial charge in [-0.2, -0.15) is 4.31 Å². The minimum Gasteiger partial charge on any atom is -0.465 e. The molecule has 0 radical (unpaired) electrons. The molecule has 1 unspecified atom stereocenters. The smallest absolute Gasteiger partial charge is 0.407 e. The number of rotatable bonds is 3. The van der Waals surface area contributed by atoms with Crippen LogP contribution in [-0.4, -0.2) is 60.8 Å². The van der Waals surface area contributed by atoms with Gasteiger partial charge in [0.2, 0.25) is 10.0 Å². The molecule has 1 atom stereocenters. The maximum Gasteiger partial charge on any atom is 0.407 e. The molecule has 0 bridgehead atoms. The van der Waals surface area contributed by atoms with Crippen LogP contribution in [0.5, 0.6) is 0 Å². The van der Waals surface area contributed by atoms with Gasteiger partial charge in [-0.15, -0.1) is 0 Å². The van der Waals surface area contributed by atoms with E-state index in [9.17, 15) is 18.0 Å². The molecule has 0 saturated carbocycles. The number of sulfonamides is 1. The summed E-state index contributed by atoms with van der Waals surface area (Å²) in [5.41, 5.74) is 0. The Morgan fingerprint density at radius 1 is 1.25 bits per heavy atom. The zero-order valence-corrected chi connectivity index (χ0v) is 11.4. The van der Waals surface area contributed by atoms with Gasteiger partial charge in [-0.25, -0.2) is 13.2 Å². The summed E-state index contributed by atoms with van der Waals surface area (Å²) >= 11 is 0. The van der Waals surface area contributed by atoms with Crippen molar-refractivity contribution in [3.63, 3.8) is 0 Å². The lowest BCUT2D eigenvalue weighted by Crippen LogP contribution is -2.56. The normalized spacial score (nSPS) is 20.6. The lowest BCUT2D eigenvalue weighted by Gasteiger charge is -2.36.